The second-order valence-electron chi connectivity index (χ2n) is 7.11. The summed E-state index contributed by atoms with van der Waals surface area (Å²) in [6.45, 7) is 4.38. The van der Waals surface area contributed by atoms with E-state index in [4.69, 9.17) is 16.3 Å². The molecule has 2 aromatic rings. The molecule has 3 rings (SSSR count). The van der Waals surface area contributed by atoms with E-state index in [0.29, 0.717) is 15.9 Å². The summed E-state index contributed by atoms with van der Waals surface area (Å²) in [6.07, 6.45) is 3.72. The van der Waals surface area contributed by atoms with Gasteiger partial charge in [-0.1, -0.05) is 11.6 Å². The van der Waals surface area contributed by atoms with Gasteiger partial charge in [0.25, 0.3) is 0 Å². The van der Waals surface area contributed by atoms with Crippen LogP contribution in [-0.2, 0) is 25.8 Å². The number of carbonyl (C=O) groups excluding carboxylic acids is 1. The molecule has 0 unspecified atom stereocenters. The van der Waals surface area contributed by atoms with Crippen molar-refractivity contribution < 1.29 is 17.9 Å². The van der Waals surface area contributed by atoms with Gasteiger partial charge < -0.3 is 4.74 Å². The number of nitrogens with zero attached hydrogens (tertiary/aromatic N) is 1. The van der Waals surface area contributed by atoms with Gasteiger partial charge in [0.2, 0.25) is 0 Å². The SMILES string of the molecule is CC(C)(C(=O)Cc1ncc(C2CCOCC2)s1)S(=O)(=O)c1ccc(Cl)cc1. The Morgan fingerprint density at radius 2 is 1.89 bits per heavy atom. The van der Waals surface area contributed by atoms with E-state index in [9.17, 15) is 13.2 Å². The van der Waals surface area contributed by atoms with Crippen molar-refractivity contribution in [1.82, 2.24) is 4.98 Å². The van der Waals surface area contributed by atoms with Crippen molar-refractivity contribution in [3.05, 3.63) is 45.4 Å². The number of hydrogen-bond acceptors (Lipinski definition) is 6. The number of thiazole rings is 1. The third-order valence-corrected chi connectivity index (χ3v) is 8.85. The first kappa shape index (κ1) is 20.5. The highest BCUT2D eigenvalue weighted by molar-refractivity contribution is 7.93. The number of aromatic nitrogens is 1. The molecule has 5 nitrogen and oxygen atoms in total. The van der Waals surface area contributed by atoms with Gasteiger partial charge in [0.1, 0.15) is 9.75 Å². The molecule has 1 aromatic carbocycles. The van der Waals surface area contributed by atoms with E-state index >= 15 is 0 Å². The Bertz CT molecular complexity index is 913. The minimum absolute atomic E-state index is 0.00765. The molecule has 0 bridgehead atoms. The Morgan fingerprint density at radius 1 is 1.26 bits per heavy atom. The standard InChI is InChI=1S/C19H22ClNO4S2/c1-19(2,27(23,24)15-5-3-14(20)4-6-15)17(22)11-18-21-12-16(26-18)13-7-9-25-10-8-13/h3-6,12-13H,7-11H2,1-2H3. The summed E-state index contributed by atoms with van der Waals surface area (Å²) in [4.78, 5) is 18.4. The lowest BCUT2D eigenvalue weighted by Gasteiger charge is -2.23. The van der Waals surface area contributed by atoms with E-state index < -0.39 is 14.6 Å². The molecule has 1 aliphatic rings. The van der Waals surface area contributed by atoms with E-state index in [1.165, 1.54) is 49.4 Å². The molecule has 2 heterocycles. The number of halogens is 1. The monoisotopic (exact) mass is 427 g/mol. The van der Waals surface area contributed by atoms with E-state index in [-0.39, 0.29) is 17.1 Å². The summed E-state index contributed by atoms with van der Waals surface area (Å²) in [5.41, 5.74) is 0. The minimum Gasteiger partial charge on any atom is -0.381 e. The van der Waals surface area contributed by atoms with E-state index in [0.717, 1.165) is 30.9 Å². The first-order chi connectivity index (χ1) is 12.7. The lowest BCUT2D eigenvalue weighted by molar-refractivity contribution is -0.120. The number of benzene rings is 1. The van der Waals surface area contributed by atoms with Crippen LogP contribution in [0.1, 0.15) is 42.5 Å². The highest BCUT2D eigenvalue weighted by Gasteiger charge is 2.42. The molecule has 1 aromatic heterocycles. The summed E-state index contributed by atoms with van der Waals surface area (Å²) in [5, 5.41) is 1.10. The fourth-order valence-electron chi connectivity index (χ4n) is 2.99. The molecule has 146 valence electrons. The Labute approximate surface area is 168 Å². The molecule has 1 aliphatic heterocycles. The van der Waals surface area contributed by atoms with Crippen LogP contribution in [0.3, 0.4) is 0 Å². The van der Waals surface area contributed by atoms with Crippen LogP contribution in [0.5, 0.6) is 0 Å². The molecule has 0 atom stereocenters. The maximum absolute atomic E-state index is 13.0. The summed E-state index contributed by atoms with van der Waals surface area (Å²) >= 11 is 7.33. The van der Waals surface area contributed by atoms with Crippen molar-refractivity contribution >= 4 is 38.6 Å². The molecule has 1 saturated heterocycles. The van der Waals surface area contributed by atoms with Crippen LogP contribution >= 0.6 is 22.9 Å². The Hall–Kier alpha value is -1.28. The first-order valence-electron chi connectivity index (χ1n) is 8.77. The van der Waals surface area contributed by atoms with Crippen LogP contribution in [-0.4, -0.2) is 37.1 Å². The number of sulfone groups is 1. The zero-order chi connectivity index (χ0) is 19.7. The maximum atomic E-state index is 13.0. The topological polar surface area (TPSA) is 73.3 Å². The molecule has 8 heteroatoms. The second kappa shape index (κ2) is 7.99. The third-order valence-electron chi connectivity index (χ3n) is 4.97. The van der Waals surface area contributed by atoms with Crippen LogP contribution in [0.15, 0.2) is 35.4 Å². The van der Waals surface area contributed by atoms with Gasteiger partial charge in [0.15, 0.2) is 15.6 Å². The zero-order valence-corrected chi connectivity index (χ0v) is 17.7. The Morgan fingerprint density at radius 3 is 2.52 bits per heavy atom. The Balaban J connectivity index is 1.76. The zero-order valence-electron chi connectivity index (χ0n) is 15.3. The second-order valence-corrected chi connectivity index (χ2v) is 11.2. The largest absolute Gasteiger partial charge is 0.381 e. The van der Waals surface area contributed by atoms with Gasteiger partial charge in [0.05, 0.1) is 11.3 Å². The predicted molar refractivity (Wildman–Crippen MR) is 106 cm³/mol. The maximum Gasteiger partial charge on any atom is 0.190 e. The smallest absolute Gasteiger partial charge is 0.190 e. The van der Waals surface area contributed by atoms with Crippen LogP contribution in [0, 0.1) is 0 Å². The summed E-state index contributed by atoms with van der Waals surface area (Å²) in [5.74, 6) is 0.0382. The van der Waals surface area contributed by atoms with E-state index in [1.54, 1.807) is 0 Å². The molecule has 0 N–H and O–H groups in total. The van der Waals surface area contributed by atoms with Gasteiger partial charge in [-0.15, -0.1) is 11.3 Å². The number of Topliss-reactive ketones (excluding diaryl/α,β-unsaturated/α-hetero) is 1. The van der Waals surface area contributed by atoms with Crippen LogP contribution in [0.25, 0.3) is 0 Å². The number of rotatable bonds is 6. The molecule has 0 radical (unpaired) electrons. The molecule has 0 amide bonds. The third kappa shape index (κ3) is 4.26. The summed E-state index contributed by atoms with van der Waals surface area (Å²) in [7, 11) is -3.84. The Kier molecular flexibility index (Phi) is 6.05. The molecule has 27 heavy (non-hydrogen) atoms. The quantitative estimate of drug-likeness (QED) is 0.695. The van der Waals surface area contributed by atoms with Gasteiger partial charge in [-0.25, -0.2) is 13.4 Å². The van der Waals surface area contributed by atoms with E-state index in [2.05, 4.69) is 4.98 Å². The lowest BCUT2D eigenvalue weighted by atomic mass is 9.99. The number of hydrogen-bond donors (Lipinski definition) is 0. The van der Waals surface area contributed by atoms with Crippen LogP contribution in [0.4, 0.5) is 0 Å². The summed E-state index contributed by atoms with van der Waals surface area (Å²) in [6, 6.07) is 5.88. The number of ketones is 1. The molecule has 0 aliphatic carbocycles. The average molecular weight is 428 g/mol. The van der Waals surface area contributed by atoms with Gasteiger partial charge in [-0.05, 0) is 56.9 Å². The van der Waals surface area contributed by atoms with Gasteiger partial charge in [-0.3, -0.25) is 4.79 Å². The van der Waals surface area contributed by atoms with Crippen molar-refractivity contribution in [1.29, 1.82) is 0 Å². The predicted octanol–water partition coefficient (Wildman–Crippen LogP) is 4.05. The molecule has 0 saturated carbocycles. The van der Waals surface area contributed by atoms with E-state index in [1.807, 2.05) is 6.20 Å². The van der Waals surface area contributed by atoms with Crippen LogP contribution < -0.4 is 0 Å². The van der Waals surface area contributed by atoms with Crippen molar-refractivity contribution in [2.24, 2.45) is 0 Å². The normalized spacial score (nSPS) is 16.4. The van der Waals surface area contributed by atoms with Crippen molar-refractivity contribution in [3.8, 4) is 0 Å². The lowest BCUT2D eigenvalue weighted by Crippen LogP contribution is -2.41. The first-order valence-corrected chi connectivity index (χ1v) is 11.5. The van der Waals surface area contributed by atoms with Crippen molar-refractivity contribution in [2.75, 3.05) is 13.2 Å². The minimum atomic E-state index is -3.84. The number of ether oxygens (including phenoxy) is 1. The fourth-order valence-corrected chi connectivity index (χ4v) is 5.66. The molecular weight excluding hydrogens is 406 g/mol. The average Bonchev–Trinajstić information content (AvgIpc) is 3.11. The number of carbonyl (C=O) groups is 1. The van der Waals surface area contributed by atoms with Crippen LogP contribution in [0.2, 0.25) is 5.02 Å². The summed E-state index contributed by atoms with van der Waals surface area (Å²) < 4.78 is 29.7. The highest BCUT2D eigenvalue weighted by atomic mass is 35.5. The molecular formula is C19H22ClNO4S2. The van der Waals surface area contributed by atoms with Gasteiger partial charge >= 0.3 is 0 Å². The molecule has 1 fully saturated rings. The van der Waals surface area contributed by atoms with Crippen molar-refractivity contribution in [3.63, 3.8) is 0 Å². The fraction of sp³-hybridized carbons (Fsp3) is 0.474. The van der Waals surface area contributed by atoms with Crippen molar-refractivity contribution in [2.45, 2.75) is 48.7 Å². The van der Waals surface area contributed by atoms with Gasteiger partial charge in [0, 0.05) is 29.3 Å². The highest BCUT2D eigenvalue weighted by Crippen LogP contribution is 2.33. The molecule has 0 spiro atoms. The van der Waals surface area contributed by atoms with Gasteiger partial charge in [-0.2, -0.15) is 0 Å².